The van der Waals surface area contributed by atoms with Gasteiger partial charge in [0.1, 0.15) is 0 Å². The Labute approximate surface area is 101 Å². The lowest BCUT2D eigenvalue weighted by atomic mass is 10.2. The predicted octanol–water partition coefficient (Wildman–Crippen LogP) is 1.08. The molecule has 2 rings (SSSR count). The van der Waals surface area contributed by atoms with Crippen LogP contribution >= 0.6 is 0 Å². The molecule has 0 fully saturated rings. The first-order chi connectivity index (χ1) is 8.20. The summed E-state index contributed by atoms with van der Waals surface area (Å²) in [6.07, 6.45) is 5.84. The summed E-state index contributed by atoms with van der Waals surface area (Å²) in [6, 6.07) is 0. The normalized spacial score (nSPS) is 11.0. The Morgan fingerprint density at radius 1 is 1.29 bits per heavy atom. The standard InChI is InChI=1S/C12H19N5/c1-4-13-6-12-7-15-17(10(12)2)9-11-5-14-16(3)8-11/h5,7-8,13H,4,6,9H2,1-3H3. The summed E-state index contributed by atoms with van der Waals surface area (Å²) < 4.78 is 3.83. The largest absolute Gasteiger partial charge is 0.313 e. The van der Waals surface area contributed by atoms with E-state index in [1.54, 1.807) is 0 Å². The van der Waals surface area contributed by atoms with E-state index in [0.29, 0.717) is 0 Å². The van der Waals surface area contributed by atoms with Gasteiger partial charge in [-0.3, -0.25) is 9.36 Å². The molecule has 5 heteroatoms. The number of aryl methyl sites for hydroxylation is 1. The van der Waals surface area contributed by atoms with Crippen LogP contribution in [0.15, 0.2) is 18.6 Å². The summed E-state index contributed by atoms with van der Waals surface area (Å²) in [5.41, 5.74) is 3.65. The molecule has 0 aromatic carbocycles. The highest BCUT2D eigenvalue weighted by atomic mass is 15.3. The van der Waals surface area contributed by atoms with Crippen molar-refractivity contribution in [2.24, 2.45) is 7.05 Å². The van der Waals surface area contributed by atoms with Crippen molar-refractivity contribution in [1.29, 1.82) is 0 Å². The topological polar surface area (TPSA) is 47.7 Å². The molecule has 0 radical (unpaired) electrons. The molecule has 0 aliphatic heterocycles. The van der Waals surface area contributed by atoms with Crippen LogP contribution in [0.2, 0.25) is 0 Å². The van der Waals surface area contributed by atoms with Crippen molar-refractivity contribution in [3.63, 3.8) is 0 Å². The van der Waals surface area contributed by atoms with E-state index in [0.717, 1.165) is 19.6 Å². The summed E-state index contributed by atoms with van der Waals surface area (Å²) in [5.74, 6) is 0. The summed E-state index contributed by atoms with van der Waals surface area (Å²) >= 11 is 0. The molecule has 0 aliphatic rings. The lowest BCUT2D eigenvalue weighted by Crippen LogP contribution is -2.12. The van der Waals surface area contributed by atoms with E-state index >= 15 is 0 Å². The van der Waals surface area contributed by atoms with Gasteiger partial charge in [0.15, 0.2) is 0 Å². The Balaban J connectivity index is 2.09. The third kappa shape index (κ3) is 2.74. The highest BCUT2D eigenvalue weighted by Gasteiger charge is 2.06. The zero-order chi connectivity index (χ0) is 12.3. The lowest BCUT2D eigenvalue weighted by Gasteiger charge is -2.04. The van der Waals surface area contributed by atoms with Crippen LogP contribution in [0, 0.1) is 6.92 Å². The fraction of sp³-hybridized carbons (Fsp3) is 0.500. The predicted molar refractivity (Wildman–Crippen MR) is 66.7 cm³/mol. The monoisotopic (exact) mass is 233 g/mol. The third-order valence-electron chi connectivity index (χ3n) is 2.86. The van der Waals surface area contributed by atoms with Crippen molar-refractivity contribution in [1.82, 2.24) is 24.9 Å². The molecule has 2 aromatic heterocycles. The second kappa shape index (κ2) is 5.14. The molecule has 0 saturated heterocycles. The molecule has 0 atom stereocenters. The molecular weight excluding hydrogens is 214 g/mol. The van der Waals surface area contributed by atoms with Crippen LogP contribution in [0.25, 0.3) is 0 Å². The summed E-state index contributed by atoms with van der Waals surface area (Å²) in [5, 5.41) is 11.9. The van der Waals surface area contributed by atoms with Crippen LogP contribution in [-0.2, 0) is 20.1 Å². The minimum atomic E-state index is 0.784. The van der Waals surface area contributed by atoms with E-state index in [9.17, 15) is 0 Å². The highest BCUT2D eigenvalue weighted by molar-refractivity contribution is 5.17. The van der Waals surface area contributed by atoms with Crippen LogP contribution in [0.4, 0.5) is 0 Å². The Hall–Kier alpha value is -1.62. The van der Waals surface area contributed by atoms with Crippen LogP contribution in [0.5, 0.6) is 0 Å². The quantitative estimate of drug-likeness (QED) is 0.840. The molecule has 0 spiro atoms. The zero-order valence-corrected chi connectivity index (χ0v) is 10.6. The van der Waals surface area contributed by atoms with Gasteiger partial charge in [-0.2, -0.15) is 10.2 Å². The van der Waals surface area contributed by atoms with Gasteiger partial charge in [-0.25, -0.2) is 0 Å². The maximum Gasteiger partial charge on any atom is 0.0693 e. The van der Waals surface area contributed by atoms with Crippen LogP contribution in [0.3, 0.4) is 0 Å². The molecular formula is C12H19N5. The van der Waals surface area contributed by atoms with Crippen molar-refractivity contribution in [2.45, 2.75) is 26.9 Å². The van der Waals surface area contributed by atoms with E-state index < -0.39 is 0 Å². The molecule has 0 amide bonds. The molecule has 5 nitrogen and oxygen atoms in total. The highest BCUT2D eigenvalue weighted by Crippen LogP contribution is 2.09. The smallest absolute Gasteiger partial charge is 0.0693 e. The van der Waals surface area contributed by atoms with E-state index in [-0.39, 0.29) is 0 Å². The van der Waals surface area contributed by atoms with Gasteiger partial charge >= 0.3 is 0 Å². The van der Waals surface area contributed by atoms with Gasteiger partial charge in [0.2, 0.25) is 0 Å². The number of hydrogen-bond acceptors (Lipinski definition) is 3. The molecule has 0 bridgehead atoms. The molecule has 0 unspecified atom stereocenters. The molecule has 0 aliphatic carbocycles. The van der Waals surface area contributed by atoms with Crippen molar-refractivity contribution in [3.05, 3.63) is 35.4 Å². The Morgan fingerprint density at radius 3 is 2.76 bits per heavy atom. The van der Waals surface area contributed by atoms with Crippen LogP contribution < -0.4 is 5.32 Å². The average Bonchev–Trinajstić information content (AvgIpc) is 2.86. The van der Waals surface area contributed by atoms with Gasteiger partial charge in [0, 0.05) is 36.6 Å². The zero-order valence-electron chi connectivity index (χ0n) is 10.6. The fourth-order valence-corrected chi connectivity index (χ4v) is 1.80. The Bertz CT molecular complexity index is 483. The molecule has 2 aromatic rings. The van der Waals surface area contributed by atoms with Crippen LogP contribution in [-0.4, -0.2) is 26.1 Å². The summed E-state index contributed by atoms with van der Waals surface area (Å²) in [7, 11) is 1.93. The SMILES string of the molecule is CCNCc1cnn(Cc2cnn(C)c2)c1C. The minimum absolute atomic E-state index is 0.784. The van der Waals surface area contributed by atoms with Crippen molar-refractivity contribution >= 4 is 0 Å². The van der Waals surface area contributed by atoms with Gasteiger partial charge in [-0.1, -0.05) is 6.92 Å². The molecule has 0 saturated carbocycles. The van der Waals surface area contributed by atoms with E-state index in [4.69, 9.17) is 0 Å². The first-order valence-corrected chi connectivity index (χ1v) is 5.90. The van der Waals surface area contributed by atoms with Gasteiger partial charge < -0.3 is 5.32 Å². The third-order valence-corrected chi connectivity index (χ3v) is 2.86. The molecule has 92 valence electrons. The summed E-state index contributed by atoms with van der Waals surface area (Å²) in [6.45, 7) is 6.86. The number of nitrogens with zero attached hydrogens (tertiary/aromatic N) is 4. The Morgan fingerprint density at radius 2 is 2.12 bits per heavy atom. The van der Waals surface area contributed by atoms with Crippen molar-refractivity contribution in [3.8, 4) is 0 Å². The van der Waals surface area contributed by atoms with E-state index in [1.807, 2.05) is 35.0 Å². The van der Waals surface area contributed by atoms with Gasteiger partial charge in [-0.05, 0) is 13.5 Å². The number of rotatable bonds is 5. The van der Waals surface area contributed by atoms with E-state index in [2.05, 4.69) is 29.4 Å². The van der Waals surface area contributed by atoms with Gasteiger partial charge in [0.05, 0.1) is 18.9 Å². The molecule has 2 heterocycles. The first-order valence-electron chi connectivity index (χ1n) is 5.90. The number of hydrogen-bond donors (Lipinski definition) is 1. The van der Waals surface area contributed by atoms with Crippen molar-refractivity contribution in [2.75, 3.05) is 6.54 Å². The number of nitrogens with one attached hydrogen (secondary N) is 1. The van der Waals surface area contributed by atoms with Crippen molar-refractivity contribution < 1.29 is 0 Å². The second-order valence-corrected chi connectivity index (χ2v) is 4.22. The van der Waals surface area contributed by atoms with E-state index in [1.165, 1.54) is 16.8 Å². The minimum Gasteiger partial charge on any atom is -0.313 e. The fourth-order valence-electron chi connectivity index (χ4n) is 1.80. The maximum absolute atomic E-state index is 4.41. The Kier molecular flexibility index (Phi) is 3.58. The number of aromatic nitrogens is 4. The van der Waals surface area contributed by atoms with Gasteiger partial charge in [0.25, 0.3) is 0 Å². The summed E-state index contributed by atoms with van der Waals surface area (Å²) in [4.78, 5) is 0. The average molecular weight is 233 g/mol. The first kappa shape index (κ1) is 11.9. The lowest BCUT2D eigenvalue weighted by molar-refractivity contribution is 0.658. The maximum atomic E-state index is 4.41. The second-order valence-electron chi connectivity index (χ2n) is 4.22. The molecule has 1 N–H and O–H groups in total. The van der Waals surface area contributed by atoms with Gasteiger partial charge in [-0.15, -0.1) is 0 Å². The van der Waals surface area contributed by atoms with Crippen LogP contribution in [0.1, 0.15) is 23.7 Å². The molecule has 17 heavy (non-hydrogen) atoms.